The van der Waals surface area contributed by atoms with Crippen molar-refractivity contribution in [3.63, 3.8) is 0 Å². The van der Waals surface area contributed by atoms with Crippen molar-refractivity contribution in [3.05, 3.63) is 0 Å². The quantitative estimate of drug-likeness (QED) is 0.725. The lowest BCUT2D eigenvalue weighted by Gasteiger charge is -2.30. The number of carbonyl (C=O) groups is 1. The van der Waals surface area contributed by atoms with Crippen molar-refractivity contribution in [1.29, 1.82) is 0 Å². The first kappa shape index (κ1) is 15.6. The van der Waals surface area contributed by atoms with Gasteiger partial charge in [0.15, 0.2) is 0 Å². The van der Waals surface area contributed by atoms with Crippen molar-refractivity contribution in [2.45, 2.75) is 89.2 Å². The minimum absolute atomic E-state index is 0.0201. The van der Waals surface area contributed by atoms with E-state index in [1.165, 1.54) is 0 Å². The van der Waals surface area contributed by atoms with Crippen LogP contribution in [0.1, 0.15) is 59.8 Å². The van der Waals surface area contributed by atoms with E-state index in [-0.39, 0.29) is 35.4 Å². The summed E-state index contributed by atoms with van der Waals surface area (Å²) in [4.78, 5) is 12.1. The van der Waals surface area contributed by atoms with Gasteiger partial charge in [-0.25, -0.2) is 4.79 Å². The molecule has 20 heavy (non-hydrogen) atoms. The van der Waals surface area contributed by atoms with Gasteiger partial charge in [-0.15, -0.1) is 0 Å². The summed E-state index contributed by atoms with van der Waals surface area (Å²) in [6, 6.07) is 0.0780. The van der Waals surface area contributed by atoms with Gasteiger partial charge in [0.2, 0.25) is 0 Å². The Morgan fingerprint density at radius 2 is 1.70 bits per heavy atom. The molecular formula is C15H28N2O3. The minimum Gasteiger partial charge on any atom is -0.393 e. The summed E-state index contributed by atoms with van der Waals surface area (Å²) >= 11 is 0. The second-order valence-corrected chi connectivity index (χ2v) is 7.35. The third kappa shape index (κ3) is 3.85. The molecule has 0 aromatic heterocycles. The normalized spacial score (nSPS) is 35.5. The second kappa shape index (κ2) is 5.53. The van der Waals surface area contributed by atoms with Crippen LogP contribution in [0.4, 0.5) is 4.79 Å². The molecular weight excluding hydrogens is 256 g/mol. The molecule has 0 aromatic rings. The topological polar surface area (TPSA) is 70.6 Å². The second-order valence-electron chi connectivity index (χ2n) is 7.35. The highest BCUT2D eigenvalue weighted by atomic mass is 16.5. The number of hydrogen-bond donors (Lipinski definition) is 3. The average molecular weight is 284 g/mol. The zero-order valence-electron chi connectivity index (χ0n) is 13.0. The van der Waals surface area contributed by atoms with Gasteiger partial charge < -0.3 is 20.5 Å². The maximum atomic E-state index is 12.1. The van der Waals surface area contributed by atoms with Crippen LogP contribution in [0.25, 0.3) is 0 Å². The Hall–Kier alpha value is -0.810. The fraction of sp³-hybridized carbons (Fsp3) is 0.933. The zero-order chi connectivity index (χ0) is 15.0. The Morgan fingerprint density at radius 1 is 1.10 bits per heavy atom. The molecule has 0 bridgehead atoms. The molecule has 5 heteroatoms. The number of nitrogens with one attached hydrogen (secondary N) is 2. The van der Waals surface area contributed by atoms with E-state index in [1.807, 2.05) is 13.8 Å². The summed E-state index contributed by atoms with van der Waals surface area (Å²) in [7, 11) is 0. The monoisotopic (exact) mass is 284 g/mol. The number of urea groups is 1. The highest BCUT2D eigenvalue weighted by Crippen LogP contribution is 2.37. The van der Waals surface area contributed by atoms with Gasteiger partial charge in [0, 0.05) is 6.04 Å². The van der Waals surface area contributed by atoms with Crippen LogP contribution in [0.3, 0.4) is 0 Å². The van der Waals surface area contributed by atoms with Crippen LogP contribution in [-0.4, -0.2) is 40.5 Å². The van der Waals surface area contributed by atoms with E-state index >= 15 is 0 Å². The van der Waals surface area contributed by atoms with Gasteiger partial charge in [0.1, 0.15) is 0 Å². The molecule has 0 radical (unpaired) electrons. The maximum Gasteiger partial charge on any atom is 0.315 e. The molecule has 1 aliphatic carbocycles. The van der Waals surface area contributed by atoms with Crippen molar-refractivity contribution in [2.75, 3.05) is 0 Å². The van der Waals surface area contributed by atoms with E-state index in [0.29, 0.717) is 0 Å². The summed E-state index contributed by atoms with van der Waals surface area (Å²) < 4.78 is 5.98. The van der Waals surface area contributed by atoms with Crippen molar-refractivity contribution in [3.8, 4) is 0 Å². The van der Waals surface area contributed by atoms with Crippen molar-refractivity contribution in [1.82, 2.24) is 10.6 Å². The highest BCUT2D eigenvalue weighted by Gasteiger charge is 2.46. The van der Waals surface area contributed by atoms with Crippen LogP contribution in [0.5, 0.6) is 0 Å². The SMILES string of the molecule is CC1(C)CC(NC(=O)NC2CCC(O)CC2)C(C)(C)O1. The molecule has 1 saturated heterocycles. The van der Waals surface area contributed by atoms with Crippen molar-refractivity contribution in [2.24, 2.45) is 0 Å². The summed E-state index contributed by atoms with van der Waals surface area (Å²) in [5.74, 6) is 0. The van der Waals surface area contributed by atoms with Crippen molar-refractivity contribution < 1.29 is 14.6 Å². The molecule has 1 aliphatic heterocycles. The smallest absolute Gasteiger partial charge is 0.315 e. The van der Waals surface area contributed by atoms with Gasteiger partial charge in [0.25, 0.3) is 0 Å². The molecule has 1 unspecified atom stereocenters. The predicted molar refractivity (Wildman–Crippen MR) is 77.6 cm³/mol. The molecule has 1 saturated carbocycles. The number of rotatable bonds is 2. The van der Waals surface area contributed by atoms with Gasteiger partial charge in [-0.05, 0) is 59.8 Å². The Labute approximate surface area is 121 Å². The van der Waals surface area contributed by atoms with Crippen LogP contribution >= 0.6 is 0 Å². The Morgan fingerprint density at radius 3 is 2.20 bits per heavy atom. The summed E-state index contributed by atoms with van der Waals surface area (Å²) in [5.41, 5.74) is -0.542. The van der Waals surface area contributed by atoms with E-state index in [9.17, 15) is 9.90 Å². The van der Waals surface area contributed by atoms with Crippen LogP contribution in [-0.2, 0) is 4.74 Å². The first-order valence-corrected chi connectivity index (χ1v) is 7.63. The first-order chi connectivity index (χ1) is 9.18. The van der Waals surface area contributed by atoms with Crippen LogP contribution in [0, 0.1) is 0 Å². The summed E-state index contributed by atoms with van der Waals surface area (Å²) in [6.45, 7) is 8.14. The van der Waals surface area contributed by atoms with Crippen LogP contribution in [0.15, 0.2) is 0 Å². The van der Waals surface area contributed by atoms with E-state index in [1.54, 1.807) is 0 Å². The Bertz CT molecular complexity index is 360. The highest BCUT2D eigenvalue weighted by molar-refractivity contribution is 5.74. The lowest BCUT2D eigenvalue weighted by Crippen LogP contribution is -2.52. The Balaban J connectivity index is 1.83. The number of carbonyl (C=O) groups excluding carboxylic acids is 1. The summed E-state index contributed by atoms with van der Waals surface area (Å²) in [6.07, 6.45) is 3.87. The molecule has 0 aromatic carbocycles. The number of hydrogen-bond acceptors (Lipinski definition) is 3. The van der Waals surface area contributed by atoms with Crippen LogP contribution < -0.4 is 10.6 Å². The summed E-state index contributed by atoms with van der Waals surface area (Å²) in [5, 5.41) is 15.5. The number of ether oxygens (including phenoxy) is 1. The molecule has 2 rings (SSSR count). The standard InChI is InChI=1S/C15H28N2O3/c1-14(2)9-12(15(3,4)20-14)17-13(19)16-10-5-7-11(18)8-6-10/h10-12,18H,5-9H2,1-4H3,(H2,16,17,19). The van der Waals surface area contributed by atoms with Crippen LogP contribution in [0.2, 0.25) is 0 Å². The maximum absolute atomic E-state index is 12.1. The third-order valence-corrected chi connectivity index (χ3v) is 4.41. The lowest BCUT2D eigenvalue weighted by atomic mass is 9.93. The molecule has 2 fully saturated rings. The number of aliphatic hydroxyl groups excluding tert-OH is 1. The molecule has 116 valence electrons. The first-order valence-electron chi connectivity index (χ1n) is 7.63. The van der Waals surface area contributed by atoms with Gasteiger partial charge in [-0.2, -0.15) is 0 Å². The Kier molecular flexibility index (Phi) is 4.30. The molecule has 0 spiro atoms. The van der Waals surface area contributed by atoms with Gasteiger partial charge in [-0.1, -0.05) is 0 Å². The average Bonchev–Trinajstić information content (AvgIpc) is 2.50. The van der Waals surface area contributed by atoms with E-state index in [2.05, 4.69) is 24.5 Å². The van der Waals surface area contributed by atoms with Gasteiger partial charge >= 0.3 is 6.03 Å². The van der Waals surface area contributed by atoms with Gasteiger partial charge in [0.05, 0.1) is 23.3 Å². The number of amides is 2. The largest absolute Gasteiger partial charge is 0.393 e. The van der Waals surface area contributed by atoms with Crippen molar-refractivity contribution >= 4 is 6.03 Å². The molecule has 3 N–H and O–H groups in total. The fourth-order valence-electron chi connectivity index (χ4n) is 3.39. The lowest BCUT2D eigenvalue weighted by molar-refractivity contribution is -0.0691. The molecule has 2 aliphatic rings. The minimum atomic E-state index is -0.344. The zero-order valence-corrected chi connectivity index (χ0v) is 13.0. The number of aliphatic hydroxyl groups is 1. The molecule has 1 heterocycles. The van der Waals surface area contributed by atoms with E-state index < -0.39 is 0 Å². The van der Waals surface area contributed by atoms with E-state index in [0.717, 1.165) is 32.1 Å². The molecule has 2 amide bonds. The molecule has 1 atom stereocenters. The van der Waals surface area contributed by atoms with E-state index in [4.69, 9.17) is 4.74 Å². The third-order valence-electron chi connectivity index (χ3n) is 4.41. The predicted octanol–water partition coefficient (Wildman–Crippen LogP) is 1.94. The fourth-order valence-corrected chi connectivity index (χ4v) is 3.39. The molecule has 5 nitrogen and oxygen atoms in total. The van der Waals surface area contributed by atoms with Gasteiger partial charge in [-0.3, -0.25) is 0 Å².